The third-order valence-electron chi connectivity index (χ3n) is 1.89. The van der Waals surface area contributed by atoms with E-state index in [1.807, 2.05) is 0 Å². The molecular weight excluding hydrogens is 326 g/mol. The van der Waals surface area contributed by atoms with Gasteiger partial charge < -0.3 is 20.7 Å². The van der Waals surface area contributed by atoms with Crippen LogP contribution in [0.2, 0.25) is 0 Å². The minimum Gasteiger partial charge on any atom is -0.388 e. The van der Waals surface area contributed by atoms with E-state index in [9.17, 15) is 31.8 Å². The Hall–Kier alpha value is -0.710. The Balaban J connectivity index is 4.94. The van der Waals surface area contributed by atoms with Crippen molar-refractivity contribution in [3.05, 3.63) is 0 Å². The van der Waals surface area contributed by atoms with Crippen LogP contribution in [0, 0.1) is 0 Å². The summed E-state index contributed by atoms with van der Waals surface area (Å²) in [6, 6.07) is -1.77. The first-order valence-electron chi connectivity index (χ1n) is 4.72. The van der Waals surface area contributed by atoms with E-state index < -0.39 is 51.8 Å². The summed E-state index contributed by atoms with van der Waals surface area (Å²) in [4.78, 5) is 10.4. The Morgan fingerprint density at radius 3 is 1.95 bits per heavy atom. The molecule has 14 heteroatoms. The lowest BCUT2D eigenvalue weighted by molar-refractivity contribution is -0.116. The van der Waals surface area contributed by atoms with E-state index in [-0.39, 0.29) is 6.29 Å². The van der Waals surface area contributed by atoms with Crippen molar-refractivity contribution in [3.63, 3.8) is 0 Å². The molecule has 0 aliphatic rings. The first kappa shape index (κ1) is 19.3. The summed E-state index contributed by atoms with van der Waals surface area (Å²) >= 11 is 0. The van der Waals surface area contributed by atoms with Crippen LogP contribution in [0.1, 0.15) is 0 Å². The molecule has 120 valence electrons. The van der Waals surface area contributed by atoms with Gasteiger partial charge in [0, 0.05) is 0 Å². The highest BCUT2D eigenvalue weighted by Gasteiger charge is 2.36. The molecule has 0 aromatic carbocycles. The average Bonchev–Trinajstić information content (AvgIpc) is 2.29. The molecule has 0 bridgehead atoms. The van der Waals surface area contributed by atoms with Crippen molar-refractivity contribution >= 4 is 27.1 Å². The third-order valence-corrected chi connectivity index (χ3v) is 2.79. The number of nitrogens with two attached hydrogens (primary N) is 1. The van der Waals surface area contributed by atoms with Gasteiger partial charge in [0.05, 0.1) is 12.6 Å². The minimum absolute atomic E-state index is 0.0462. The first-order chi connectivity index (χ1) is 8.87. The van der Waals surface area contributed by atoms with Crippen molar-refractivity contribution in [1.29, 1.82) is 0 Å². The van der Waals surface area contributed by atoms with Crippen molar-refractivity contribution in [3.8, 4) is 0 Å². The second-order valence-electron chi connectivity index (χ2n) is 3.47. The summed E-state index contributed by atoms with van der Waals surface area (Å²) in [5.41, 5.74) is 5.10. The van der Waals surface area contributed by atoms with Crippen molar-refractivity contribution in [2.75, 3.05) is 6.61 Å². The summed E-state index contributed by atoms with van der Waals surface area (Å²) in [6.07, 6.45) is -6.48. The van der Waals surface area contributed by atoms with Crippen LogP contribution in [0.15, 0.2) is 0 Å². The largest absolute Gasteiger partial charge is 0.397 e. The highest BCUT2D eigenvalue weighted by Crippen LogP contribution is 2.11. The fraction of sp³-hybridized carbons (Fsp3) is 0.833. The molecule has 0 aromatic heterocycles. The zero-order chi connectivity index (χ0) is 16.1. The van der Waals surface area contributed by atoms with Gasteiger partial charge in [-0.1, -0.05) is 0 Å². The molecule has 20 heavy (non-hydrogen) atoms. The molecule has 0 saturated carbocycles. The molecule has 0 aliphatic carbocycles. The maximum absolute atomic E-state index is 10.5. The van der Waals surface area contributed by atoms with Gasteiger partial charge in [-0.05, 0) is 0 Å². The molecule has 0 aromatic rings. The second kappa shape index (κ2) is 7.34. The first-order valence-corrected chi connectivity index (χ1v) is 7.45. The maximum Gasteiger partial charge on any atom is 0.397 e. The van der Waals surface area contributed by atoms with Crippen molar-refractivity contribution < 1.29 is 49.3 Å². The Morgan fingerprint density at radius 1 is 1.10 bits per heavy atom. The molecule has 0 amide bonds. The summed E-state index contributed by atoms with van der Waals surface area (Å²) in [5.74, 6) is 0. The van der Waals surface area contributed by atoms with Crippen LogP contribution in [0.3, 0.4) is 0 Å². The summed E-state index contributed by atoms with van der Waals surface area (Å²) in [5, 5.41) is 18.8. The standard InChI is InChI=1S/C6H13NO11S2/c7-3(1-8)6(18-20(14,15)16)5(10)4(9)2-17-19(11,12)13/h1,3-6,9-10H,2,7H2,(H,11,12,13)(H,14,15,16). The van der Waals surface area contributed by atoms with Gasteiger partial charge >= 0.3 is 20.8 Å². The van der Waals surface area contributed by atoms with E-state index in [2.05, 4.69) is 8.37 Å². The van der Waals surface area contributed by atoms with Crippen molar-refractivity contribution in [2.24, 2.45) is 5.73 Å². The zero-order valence-corrected chi connectivity index (χ0v) is 11.3. The van der Waals surface area contributed by atoms with Crippen molar-refractivity contribution in [1.82, 2.24) is 0 Å². The van der Waals surface area contributed by atoms with Crippen LogP contribution in [-0.2, 0) is 34.0 Å². The van der Waals surface area contributed by atoms with Crippen LogP contribution >= 0.6 is 0 Å². The number of carbonyl (C=O) groups is 1. The third kappa shape index (κ3) is 7.78. The molecule has 0 aliphatic heterocycles. The molecule has 4 atom stereocenters. The van der Waals surface area contributed by atoms with Gasteiger partial charge in [-0.25, -0.2) is 8.37 Å². The van der Waals surface area contributed by atoms with Gasteiger partial charge in [-0.2, -0.15) is 16.8 Å². The predicted octanol–water partition coefficient (Wildman–Crippen LogP) is -3.76. The molecule has 0 heterocycles. The fourth-order valence-electron chi connectivity index (χ4n) is 1.04. The smallest absolute Gasteiger partial charge is 0.388 e. The van der Waals surface area contributed by atoms with E-state index in [4.69, 9.17) is 14.8 Å². The highest BCUT2D eigenvalue weighted by molar-refractivity contribution is 7.81. The quantitative estimate of drug-likeness (QED) is 0.202. The summed E-state index contributed by atoms with van der Waals surface area (Å²) < 4.78 is 65.8. The van der Waals surface area contributed by atoms with Gasteiger partial charge in [-0.15, -0.1) is 0 Å². The number of aliphatic hydroxyl groups is 2. The van der Waals surface area contributed by atoms with E-state index >= 15 is 0 Å². The van der Waals surface area contributed by atoms with Crippen LogP contribution in [0.25, 0.3) is 0 Å². The lowest BCUT2D eigenvalue weighted by Crippen LogP contribution is -2.52. The number of aldehydes is 1. The number of carbonyl (C=O) groups excluding carboxylic acids is 1. The van der Waals surface area contributed by atoms with Crippen LogP contribution in [0.4, 0.5) is 0 Å². The van der Waals surface area contributed by atoms with Gasteiger partial charge in [-0.3, -0.25) is 9.11 Å². The van der Waals surface area contributed by atoms with E-state index in [1.54, 1.807) is 0 Å². The lowest BCUT2D eigenvalue weighted by atomic mass is 10.0. The van der Waals surface area contributed by atoms with Gasteiger partial charge in [0.15, 0.2) is 0 Å². The molecule has 4 unspecified atom stereocenters. The Morgan fingerprint density at radius 2 is 1.60 bits per heavy atom. The molecular formula is C6H13NO11S2. The number of hydrogen-bond acceptors (Lipinski definition) is 10. The second-order valence-corrected chi connectivity index (χ2v) is 5.61. The fourth-order valence-corrected chi connectivity index (χ4v) is 1.87. The van der Waals surface area contributed by atoms with Gasteiger partial charge in [0.25, 0.3) is 0 Å². The van der Waals surface area contributed by atoms with Crippen LogP contribution in [-0.4, -0.2) is 73.4 Å². The normalized spacial score (nSPS) is 19.1. The number of aliphatic hydroxyl groups excluding tert-OH is 2. The SMILES string of the molecule is NC(C=O)C(OS(=O)(=O)O)C(O)C(O)COS(=O)(=O)O. The molecule has 0 saturated heterocycles. The van der Waals surface area contributed by atoms with E-state index in [1.165, 1.54) is 0 Å². The molecule has 0 spiro atoms. The van der Waals surface area contributed by atoms with Crippen LogP contribution in [0.5, 0.6) is 0 Å². The topological polar surface area (TPSA) is 211 Å². The zero-order valence-electron chi connectivity index (χ0n) is 9.63. The summed E-state index contributed by atoms with van der Waals surface area (Å²) in [7, 11) is -10.0. The number of rotatable bonds is 9. The van der Waals surface area contributed by atoms with Gasteiger partial charge in [0.2, 0.25) is 0 Å². The Labute approximate surface area is 114 Å². The van der Waals surface area contributed by atoms with Crippen LogP contribution < -0.4 is 5.73 Å². The molecule has 0 fully saturated rings. The molecule has 6 N–H and O–H groups in total. The Kier molecular flexibility index (Phi) is 7.08. The van der Waals surface area contributed by atoms with E-state index in [0.29, 0.717) is 0 Å². The monoisotopic (exact) mass is 339 g/mol. The van der Waals surface area contributed by atoms with Crippen molar-refractivity contribution in [2.45, 2.75) is 24.4 Å². The highest BCUT2D eigenvalue weighted by atomic mass is 32.3. The molecule has 0 radical (unpaired) electrons. The Bertz CT molecular complexity index is 513. The average molecular weight is 339 g/mol. The molecule has 0 rings (SSSR count). The minimum atomic E-state index is -5.12. The molecule has 12 nitrogen and oxygen atoms in total. The predicted molar refractivity (Wildman–Crippen MR) is 60.0 cm³/mol. The van der Waals surface area contributed by atoms with Gasteiger partial charge in [0.1, 0.15) is 24.6 Å². The summed E-state index contributed by atoms with van der Waals surface area (Å²) in [6.45, 7) is -1.18. The number of hydrogen-bond donors (Lipinski definition) is 5. The lowest BCUT2D eigenvalue weighted by Gasteiger charge is -2.26. The van der Waals surface area contributed by atoms with E-state index in [0.717, 1.165) is 0 Å². The maximum atomic E-state index is 10.5.